The first-order chi connectivity index (χ1) is 15.5. The quantitative estimate of drug-likeness (QED) is 0.340. The molecule has 0 aliphatic carbocycles. The summed E-state index contributed by atoms with van der Waals surface area (Å²) in [5.74, 6) is -1.53. The number of hydrogen-bond acceptors (Lipinski definition) is 5. The Morgan fingerprint density at radius 1 is 1.00 bits per heavy atom. The van der Waals surface area contributed by atoms with Crippen molar-refractivity contribution in [1.29, 1.82) is 5.26 Å². The summed E-state index contributed by atoms with van der Waals surface area (Å²) >= 11 is 0. The zero-order chi connectivity index (χ0) is 22.8. The number of carbonyl (C=O) groups excluding carboxylic acids is 2. The molecule has 0 atom stereocenters. The highest BCUT2D eigenvalue weighted by atomic mass is 19.1. The van der Waals surface area contributed by atoms with Gasteiger partial charge in [-0.1, -0.05) is 36.4 Å². The van der Waals surface area contributed by atoms with Gasteiger partial charge in [-0.2, -0.15) is 10.4 Å². The molecule has 0 aliphatic rings. The summed E-state index contributed by atoms with van der Waals surface area (Å²) in [7, 11) is 0. The first-order valence-corrected chi connectivity index (χ1v) is 9.61. The van der Waals surface area contributed by atoms with Crippen molar-refractivity contribution in [1.82, 2.24) is 5.43 Å². The summed E-state index contributed by atoms with van der Waals surface area (Å²) in [6.07, 6.45) is 1.65. The number of nitriles is 1. The van der Waals surface area contributed by atoms with Gasteiger partial charge in [0.05, 0.1) is 18.7 Å². The van der Waals surface area contributed by atoms with E-state index >= 15 is 0 Å². The van der Waals surface area contributed by atoms with Crippen LogP contribution in [0, 0.1) is 17.1 Å². The number of nitrogens with zero attached hydrogens (tertiary/aromatic N) is 2. The smallest absolute Gasteiger partial charge is 0.329 e. The molecular weight excluding hydrogens is 411 g/mol. The third-order valence-corrected chi connectivity index (χ3v) is 4.26. The van der Waals surface area contributed by atoms with Gasteiger partial charge >= 0.3 is 11.8 Å². The van der Waals surface area contributed by atoms with Crippen molar-refractivity contribution in [3.8, 4) is 11.8 Å². The predicted octanol–water partition coefficient (Wildman–Crippen LogP) is 3.56. The number of halogens is 1. The molecule has 2 amide bonds. The molecule has 0 saturated carbocycles. The van der Waals surface area contributed by atoms with Gasteiger partial charge in [0.15, 0.2) is 0 Å². The molecule has 0 unspecified atom stereocenters. The number of hydrogen-bond donors (Lipinski definition) is 2. The van der Waals surface area contributed by atoms with Crippen molar-refractivity contribution in [3.05, 3.63) is 95.3 Å². The summed E-state index contributed by atoms with van der Waals surface area (Å²) in [6.45, 7) is 0.273. The minimum absolute atomic E-state index is 0.266. The van der Waals surface area contributed by atoms with Crippen molar-refractivity contribution >= 4 is 23.7 Å². The topological polar surface area (TPSA) is 104 Å². The third kappa shape index (κ3) is 6.78. The second-order valence-corrected chi connectivity index (χ2v) is 6.67. The van der Waals surface area contributed by atoms with Gasteiger partial charge in [-0.15, -0.1) is 0 Å². The van der Waals surface area contributed by atoms with Crippen LogP contribution in [0.1, 0.15) is 16.7 Å². The summed E-state index contributed by atoms with van der Waals surface area (Å²) in [5, 5.41) is 14.9. The van der Waals surface area contributed by atoms with E-state index in [4.69, 9.17) is 10.00 Å². The van der Waals surface area contributed by atoms with Gasteiger partial charge in [0.1, 0.15) is 18.2 Å². The van der Waals surface area contributed by atoms with Crippen LogP contribution in [0.4, 0.5) is 10.1 Å². The average molecular weight is 430 g/mol. The van der Waals surface area contributed by atoms with Crippen LogP contribution in [0.5, 0.6) is 5.75 Å². The van der Waals surface area contributed by atoms with Crippen molar-refractivity contribution in [3.63, 3.8) is 0 Å². The van der Waals surface area contributed by atoms with Gasteiger partial charge in [-0.25, -0.2) is 9.82 Å². The molecule has 0 radical (unpaired) electrons. The summed E-state index contributed by atoms with van der Waals surface area (Å²) in [4.78, 5) is 23.9. The molecule has 8 heteroatoms. The Bertz CT molecular complexity index is 1150. The maximum Gasteiger partial charge on any atom is 0.329 e. The van der Waals surface area contributed by atoms with Gasteiger partial charge in [0, 0.05) is 5.69 Å². The van der Waals surface area contributed by atoms with Crippen LogP contribution in [0.25, 0.3) is 0 Å². The van der Waals surface area contributed by atoms with E-state index in [-0.39, 0.29) is 18.8 Å². The minimum Gasteiger partial charge on any atom is -0.489 e. The van der Waals surface area contributed by atoms with Crippen molar-refractivity contribution in [2.45, 2.75) is 13.0 Å². The predicted molar refractivity (Wildman–Crippen MR) is 117 cm³/mol. The van der Waals surface area contributed by atoms with Crippen LogP contribution in [0.15, 0.2) is 77.9 Å². The normalized spacial score (nSPS) is 10.4. The molecule has 0 aromatic heterocycles. The van der Waals surface area contributed by atoms with Gasteiger partial charge < -0.3 is 10.1 Å². The standard InChI is InChI=1S/C24H19FN4O3/c25-20-8-4-18(5-9-20)16-32-22-3-1-2-19(14-22)15-27-29-24(31)23(30)28-21-10-6-17(7-11-21)12-13-26/h1-11,14-15H,12,16H2,(H,28,30)(H,29,31)/b27-15+. The second kappa shape index (κ2) is 11.0. The van der Waals surface area contributed by atoms with E-state index in [1.807, 2.05) is 6.07 Å². The summed E-state index contributed by atoms with van der Waals surface area (Å²) in [6, 6.07) is 21.6. The molecule has 0 aliphatic heterocycles. The molecule has 0 bridgehead atoms. The monoisotopic (exact) mass is 430 g/mol. The number of rotatable bonds is 7. The van der Waals surface area contributed by atoms with Crippen LogP contribution in [-0.4, -0.2) is 18.0 Å². The van der Waals surface area contributed by atoms with E-state index in [0.717, 1.165) is 11.1 Å². The van der Waals surface area contributed by atoms with Gasteiger partial charge in [-0.3, -0.25) is 9.59 Å². The molecule has 0 saturated heterocycles. The molecule has 160 valence electrons. The van der Waals surface area contributed by atoms with E-state index in [2.05, 4.69) is 15.8 Å². The van der Waals surface area contributed by atoms with Crippen molar-refractivity contribution < 1.29 is 18.7 Å². The lowest BCUT2D eigenvalue weighted by atomic mass is 10.1. The SMILES string of the molecule is N#CCc1ccc(NC(=O)C(=O)N/N=C/c2cccc(OCc3ccc(F)cc3)c2)cc1. The number of ether oxygens (including phenoxy) is 1. The lowest BCUT2D eigenvalue weighted by Crippen LogP contribution is -2.32. The third-order valence-electron chi connectivity index (χ3n) is 4.26. The Kier molecular flexibility index (Phi) is 7.65. The molecule has 0 fully saturated rings. The van der Waals surface area contributed by atoms with E-state index in [0.29, 0.717) is 17.0 Å². The zero-order valence-electron chi connectivity index (χ0n) is 16.9. The Balaban J connectivity index is 1.49. The first kappa shape index (κ1) is 22.2. The highest BCUT2D eigenvalue weighted by Gasteiger charge is 2.12. The number of anilines is 1. The molecule has 3 aromatic carbocycles. The fourth-order valence-electron chi connectivity index (χ4n) is 2.63. The number of amides is 2. The Hall–Kier alpha value is -4.51. The van der Waals surface area contributed by atoms with Gasteiger partial charge in [-0.05, 0) is 53.1 Å². The van der Waals surface area contributed by atoms with Crippen LogP contribution >= 0.6 is 0 Å². The average Bonchev–Trinajstić information content (AvgIpc) is 2.80. The molecule has 3 rings (SSSR count). The maximum atomic E-state index is 13.0. The number of benzene rings is 3. The highest BCUT2D eigenvalue weighted by Crippen LogP contribution is 2.15. The van der Waals surface area contributed by atoms with Gasteiger partial charge in [0.2, 0.25) is 0 Å². The van der Waals surface area contributed by atoms with Crippen LogP contribution in [0.2, 0.25) is 0 Å². The van der Waals surface area contributed by atoms with Crippen LogP contribution in [0.3, 0.4) is 0 Å². The highest BCUT2D eigenvalue weighted by molar-refractivity contribution is 6.39. The molecule has 3 aromatic rings. The van der Waals surface area contributed by atoms with Crippen molar-refractivity contribution in [2.24, 2.45) is 5.10 Å². The number of carbonyl (C=O) groups is 2. The fourth-order valence-corrected chi connectivity index (χ4v) is 2.63. The molecule has 0 heterocycles. The molecule has 0 spiro atoms. The van der Waals surface area contributed by atoms with E-state index in [1.165, 1.54) is 18.3 Å². The first-order valence-electron chi connectivity index (χ1n) is 9.61. The minimum atomic E-state index is -0.925. The van der Waals surface area contributed by atoms with E-state index in [9.17, 15) is 14.0 Å². The van der Waals surface area contributed by atoms with Crippen molar-refractivity contribution in [2.75, 3.05) is 5.32 Å². The number of hydrazone groups is 1. The molecule has 7 nitrogen and oxygen atoms in total. The van der Waals surface area contributed by atoms with E-state index < -0.39 is 11.8 Å². The largest absolute Gasteiger partial charge is 0.489 e. The zero-order valence-corrected chi connectivity index (χ0v) is 16.9. The Labute approximate surface area is 184 Å². The van der Waals surface area contributed by atoms with E-state index in [1.54, 1.807) is 60.7 Å². The number of nitrogens with one attached hydrogen (secondary N) is 2. The summed E-state index contributed by atoms with van der Waals surface area (Å²) < 4.78 is 18.6. The maximum absolute atomic E-state index is 13.0. The van der Waals surface area contributed by atoms with Crippen LogP contribution < -0.4 is 15.5 Å². The fraction of sp³-hybridized carbons (Fsp3) is 0.0833. The molecule has 32 heavy (non-hydrogen) atoms. The second-order valence-electron chi connectivity index (χ2n) is 6.67. The lowest BCUT2D eigenvalue weighted by Gasteiger charge is -2.07. The molecular formula is C24H19FN4O3. The lowest BCUT2D eigenvalue weighted by molar-refractivity contribution is -0.136. The Morgan fingerprint density at radius 2 is 1.72 bits per heavy atom. The molecule has 2 N–H and O–H groups in total. The summed E-state index contributed by atoms with van der Waals surface area (Å²) in [5.41, 5.74) is 4.88. The van der Waals surface area contributed by atoms with Crippen LogP contribution in [-0.2, 0) is 22.6 Å². The van der Waals surface area contributed by atoms with Gasteiger partial charge in [0.25, 0.3) is 0 Å². The Morgan fingerprint density at radius 3 is 2.44 bits per heavy atom.